The molecule has 0 aromatic carbocycles. The molecule has 0 radical (unpaired) electrons. The standard InChI is InChI=1S/C4H7S.CH4.2CH3.Sb/c1-4-2-5-3-4;;;;/h4H,1-3H2;1H4;2*1H3;. The number of hydrogen-bond donors (Lipinski definition) is 0. The summed E-state index contributed by atoms with van der Waals surface area (Å²) in [6.07, 6.45) is 0. The third-order valence-corrected chi connectivity index (χ3v) is 6.30. The van der Waals surface area contributed by atoms with Crippen molar-refractivity contribution in [3.8, 4) is 0 Å². The van der Waals surface area contributed by atoms with Crippen LogP contribution in [0.3, 0.4) is 0 Å². The predicted molar refractivity (Wildman–Crippen MR) is 49.8 cm³/mol. The van der Waals surface area contributed by atoms with Crippen LogP contribution in [0.1, 0.15) is 7.43 Å². The Hall–Kier alpha value is 1.17. The zero-order valence-electron chi connectivity index (χ0n) is 5.55. The summed E-state index contributed by atoms with van der Waals surface area (Å²) in [6.45, 7) is 0. The maximum absolute atomic E-state index is 2.49. The first-order valence-corrected chi connectivity index (χ1v) is 11.1. The fraction of sp³-hybridized carbons (Fsp3) is 1.00. The van der Waals surface area contributed by atoms with Crippen LogP contribution in [0.5, 0.6) is 0 Å². The van der Waals surface area contributed by atoms with Crippen LogP contribution in [0.25, 0.3) is 0 Å². The first-order valence-electron chi connectivity index (χ1n) is 3.01. The summed E-state index contributed by atoms with van der Waals surface area (Å²) in [5, 5.41) is 0. The van der Waals surface area contributed by atoms with Gasteiger partial charge in [-0.05, 0) is 0 Å². The molecule has 1 aliphatic heterocycles. The van der Waals surface area contributed by atoms with Crippen LogP contribution < -0.4 is 0 Å². The van der Waals surface area contributed by atoms with Crippen molar-refractivity contribution >= 4 is 32.0 Å². The van der Waals surface area contributed by atoms with Gasteiger partial charge in [-0.2, -0.15) is 0 Å². The normalized spacial score (nSPS) is 19.0. The van der Waals surface area contributed by atoms with Crippen LogP contribution >= 0.6 is 11.8 Å². The van der Waals surface area contributed by atoms with Gasteiger partial charge in [0.1, 0.15) is 0 Å². The van der Waals surface area contributed by atoms with Gasteiger partial charge in [0.2, 0.25) is 0 Å². The molecule has 56 valence electrons. The Labute approximate surface area is 70.7 Å². The molecular formula is C7H17SSb. The number of thioether (sulfide) groups is 1. The van der Waals surface area contributed by atoms with Gasteiger partial charge in [-0.25, -0.2) is 0 Å². The molecule has 0 aliphatic carbocycles. The molecule has 0 N–H and O–H groups in total. The van der Waals surface area contributed by atoms with E-state index in [4.69, 9.17) is 0 Å². The Morgan fingerprint density at radius 1 is 1.44 bits per heavy atom. The van der Waals surface area contributed by atoms with Gasteiger partial charge in [-0.3, -0.25) is 0 Å². The molecule has 0 aromatic rings. The Balaban J connectivity index is 0.000000640. The summed E-state index contributed by atoms with van der Waals surface area (Å²) in [7, 11) is 0. The van der Waals surface area contributed by atoms with Crippen molar-refractivity contribution in [3.63, 3.8) is 0 Å². The van der Waals surface area contributed by atoms with Gasteiger partial charge in [-0.1, -0.05) is 7.43 Å². The van der Waals surface area contributed by atoms with Crippen LogP contribution in [-0.2, 0) is 0 Å². The van der Waals surface area contributed by atoms with E-state index >= 15 is 0 Å². The third kappa shape index (κ3) is 3.78. The van der Waals surface area contributed by atoms with Gasteiger partial charge in [0.05, 0.1) is 0 Å². The first kappa shape index (κ1) is 10.2. The Morgan fingerprint density at radius 2 is 2.00 bits per heavy atom. The molecule has 0 atom stereocenters. The predicted octanol–water partition coefficient (Wildman–Crippen LogP) is 2.74. The molecule has 0 saturated carbocycles. The Morgan fingerprint density at radius 3 is 2.11 bits per heavy atom. The molecule has 1 saturated heterocycles. The second-order valence-corrected chi connectivity index (χ2v) is 10.9. The van der Waals surface area contributed by atoms with Crippen LogP contribution in [0.4, 0.5) is 0 Å². The zero-order valence-corrected chi connectivity index (χ0v) is 8.92. The molecule has 1 fully saturated rings. The van der Waals surface area contributed by atoms with Crippen LogP contribution in [0, 0.1) is 5.92 Å². The molecule has 0 aromatic heterocycles. The van der Waals surface area contributed by atoms with Crippen molar-refractivity contribution in [2.75, 3.05) is 11.5 Å². The van der Waals surface area contributed by atoms with Gasteiger partial charge in [-0.15, -0.1) is 0 Å². The summed E-state index contributed by atoms with van der Waals surface area (Å²) in [5.41, 5.74) is 0. The van der Waals surface area contributed by atoms with E-state index in [0.717, 1.165) is 5.92 Å². The quantitative estimate of drug-likeness (QED) is 0.683. The van der Waals surface area contributed by atoms with E-state index in [9.17, 15) is 0 Å². The van der Waals surface area contributed by atoms with Crippen molar-refractivity contribution in [2.45, 2.75) is 21.5 Å². The summed E-state index contributed by atoms with van der Waals surface area (Å²) in [5.74, 6) is 4.10. The van der Waals surface area contributed by atoms with Crippen molar-refractivity contribution in [1.29, 1.82) is 0 Å². The van der Waals surface area contributed by atoms with Crippen LogP contribution in [0.2, 0.25) is 14.1 Å². The van der Waals surface area contributed by atoms with E-state index < -0.39 is 20.2 Å². The van der Waals surface area contributed by atoms with Gasteiger partial charge in [0, 0.05) is 0 Å². The topological polar surface area (TPSA) is 0 Å². The molecule has 1 rings (SSSR count). The van der Waals surface area contributed by atoms with E-state index in [0.29, 0.717) is 0 Å². The minimum absolute atomic E-state index is 0. The molecule has 0 bridgehead atoms. The molecule has 1 heterocycles. The molecule has 0 spiro atoms. The first-order chi connectivity index (χ1) is 3.79. The second kappa shape index (κ2) is 4.90. The van der Waals surface area contributed by atoms with E-state index in [2.05, 4.69) is 21.5 Å². The summed E-state index contributed by atoms with van der Waals surface area (Å²) >= 11 is 1.55. The van der Waals surface area contributed by atoms with E-state index in [1.807, 2.05) is 0 Å². The Bertz CT molecular complexity index is 69.3. The molecule has 0 nitrogen and oxygen atoms in total. The van der Waals surface area contributed by atoms with Crippen molar-refractivity contribution in [2.24, 2.45) is 5.92 Å². The maximum atomic E-state index is 2.49. The van der Waals surface area contributed by atoms with Gasteiger partial charge >= 0.3 is 63.5 Å². The summed E-state index contributed by atoms with van der Waals surface area (Å²) < 4.78 is 1.63. The van der Waals surface area contributed by atoms with E-state index in [1.54, 1.807) is 4.37 Å². The fourth-order valence-corrected chi connectivity index (χ4v) is 6.44. The Kier molecular flexibility index (Phi) is 5.54. The van der Waals surface area contributed by atoms with Crippen molar-refractivity contribution in [1.82, 2.24) is 0 Å². The van der Waals surface area contributed by atoms with Gasteiger partial charge in [0.15, 0.2) is 0 Å². The van der Waals surface area contributed by atoms with Gasteiger partial charge in [0.25, 0.3) is 0 Å². The molecule has 9 heavy (non-hydrogen) atoms. The SMILES string of the molecule is C.[CH3][Sb]([CH3])[CH2]C1CSC1. The van der Waals surface area contributed by atoms with Crippen LogP contribution in [0.15, 0.2) is 0 Å². The van der Waals surface area contributed by atoms with Gasteiger partial charge < -0.3 is 0 Å². The van der Waals surface area contributed by atoms with E-state index in [-0.39, 0.29) is 7.43 Å². The molecule has 0 amide bonds. The third-order valence-electron chi connectivity index (χ3n) is 1.33. The van der Waals surface area contributed by atoms with Crippen molar-refractivity contribution in [3.05, 3.63) is 0 Å². The van der Waals surface area contributed by atoms with E-state index in [1.165, 1.54) is 11.5 Å². The minimum atomic E-state index is -0.568. The molecule has 0 unspecified atom stereocenters. The number of hydrogen-bond acceptors (Lipinski definition) is 1. The molecule has 2 heteroatoms. The second-order valence-electron chi connectivity index (χ2n) is 2.67. The monoisotopic (exact) mass is 254 g/mol. The molecular weight excluding hydrogens is 238 g/mol. The zero-order chi connectivity index (χ0) is 5.98. The van der Waals surface area contributed by atoms with Crippen molar-refractivity contribution < 1.29 is 0 Å². The fourth-order valence-electron chi connectivity index (χ4n) is 0.906. The van der Waals surface area contributed by atoms with Crippen LogP contribution in [-0.4, -0.2) is 31.7 Å². The average molecular weight is 255 g/mol. The molecule has 1 aliphatic rings. The number of rotatable bonds is 2. The summed E-state index contributed by atoms with van der Waals surface area (Å²) in [4.78, 5) is 4.98. The average Bonchev–Trinajstić information content (AvgIpc) is 1.55. The summed E-state index contributed by atoms with van der Waals surface area (Å²) in [6, 6.07) is 0.